The maximum absolute atomic E-state index is 12.3. The van der Waals surface area contributed by atoms with Crippen LogP contribution in [0.3, 0.4) is 0 Å². The van der Waals surface area contributed by atoms with Crippen molar-refractivity contribution < 1.29 is 13.2 Å². The van der Waals surface area contributed by atoms with Crippen LogP contribution in [0, 0.1) is 6.92 Å². The van der Waals surface area contributed by atoms with Gasteiger partial charge >= 0.3 is 0 Å². The van der Waals surface area contributed by atoms with Gasteiger partial charge in [-0.05, 0) is 19.1 Å². The van der Waals surface area contributed by atoms with Crippen LogP contribution in [0.25, 0.3) is 0 Å². The van der Waals surface area contributed by atoms with Crippen molar-refractivity contribution in [2.75, 3.05) is 17.9 Å². The Morgan fingerprint density at radius 2 is 2.15 bits per heavy atom. The normalized spacial score (nSPS) is 11.3. The van der Waals surface area contributed by atoms with Gasteiger partial charge in [-0.25, -0.2) is 8.42 Å². The molecule has 0 saturated heterocycles. The van der Waals surface area contributed by atoms with Crippen LogP contribution in [-0.2, 0) is 10.0 Å². The van der Waals surface area contributed by atoms with E-state index >= 15 is 0 Å². The third-order valence-electron chi connectivity index (χ3n) is 2.58. The predicted octanol–water partition coefficient (Wildman–Crippen LogP) is 0.856. The molecule has 7 nitrogen and oxygen atoms in total. The van der Waals surface area contributed by atoms with Crippen LogP contribution in [0.15, 0.2) is 35.4 Å². The largest absolute Gasteiger partial charge is 0.490 e. The number of nitrogens with one attached hydrogen (secondary N) is 2. The fourth-order valence-corrected chi connectivity index (χ4v) is 2.86. The topological polar surface area (TPSA) is 110 Å². The molecule has 2 aromatic rings. The third kappa shape index (κ3) is 3.09. The Morgan fingerprint density at radius 3 is 2.80 bits per heavy atom. The fourth-order valence-electron chi connectivity index (χ4n) is 1.66. The summed E-state index contributed by atoms with van der Waals surface area (Å²) in [5.41, 5.74) is 6.21. The monoisotopic (exact) mass is 296 g/mol. The van der Waals surface area contributed by atoms with Crippen molar-refractivity contribution in [3.8, 4) is 5.75 Å². The Bertz CT molecular complexity index is 682. The standard InChI is InChI=1S/C12H16N4O3S/c1-9-12(8-14-15-9)20(17,18)16-10-4-2-3-5-11(10)19-7-6-13/h2-5,8,16H,6-7,13H2,1H3,(H,14,15). The summed E-state index contributed by atoms with van der Waals surface area (Å²) in [6, 6.07) is 6.77. The van der Waals surface area contributed by atoms with Gasteiger partial charge in [0.1, 0.15) is 17.3 Å². The number of nitrogens with zero attached hydrogens (tertiary/aromatic N) is 1. The van der Waals surface area contributed by atoms with E-state index in [1.807, 2.05) is 0 Å². The molecule has 1 aromatic heterocycles. The summed E-state index contributed by atoms with van der Waals surface area (Å²) in [5.74, 6) is 0.433. The zero-order valence-electron chi connectivity index (χ0n) is 11.0. The van der Waals surface area contributed by atoms with Crippen molar-refractivity contribution in [1.82, 2.24) is 10.2 Å². The Morgan fingerprint density at radius 1 is 1.40 bits per heavy atom. The molecule has 0 amide bonds. The Balaban J connectivity index is 2.28. The summed E-state index contributed by atoms with van der Waals surface area (Å²) >= 11 is 0. The first kappa shape index (κ1) is 14.4. The average molecular weight is 296 g/mol. The molecule has 0 aliphatic heterocycles. The summed E-state index contributed by atoms with van der Waals surface area (Å²) in [4.78, 5) is 0.103. The number of hydrogen-bond acceptors (Lipinski definition) is 5. The molecule has 1 heterocycles. The number of nitrogens with two attached hydrogens (primary N) is 1. The molecule has 20 heavy (non-hydrogen) atoms. The number of sulfonamides is 1. The Labute approximate surface area is 117 Å². The van der Waals surface area contributed by atoms with Gasteiger partial charge in [-0.3, -0.25) is 9.82 Å². The lowest BCUT2D eigenvalue weighted by molar-refractivity contribution is 0.330. The van der Waals surface area contributed by atoms with E-state index in [2.05, 4.69) is 14.9 Å². The third-order valence-corrected chi connectivity index (χ3v) is 4.06. The van der Waals surface area contributed by atoms with Crippen LogP contribution in [0.5, 0.6) is 5.75 Å². The molecule has 0 spiro atoms. The lowest BCUT2D eigenvalue weighted by Crippen LogP contribution is -2.16. The molecule has 8 heteroatoms. The van der Waals surface area contributed by atoms with Crippen LogP contribution >= 0.6 is 0 Å². The second-order valence-corrected chi connectivity index (χ2v) is 5.75. The molecule has 0 bridgehead atoms. The number of aryl methyl sites for hydroxylation is 1. The van der Waals surface area contributed by atoms with E-state index in [0.717, 1.165) is 0 Å². The minimum atomic E-state index is -3.70. The van der Waals surface area contributed by atoms with Gasteiger partial charge in [-0.1, -0.05) is 12.1 Å². The molecule has 0 aliphatic carbocycles. The Hall–Kier alpha value is -2.06. The minimum absolute atomic E-state index is 0.103. The van der Waals surface area contributed by atoms with E-state index in [0.29, 0.717) is 30.3 Å². The van der Waals surface area contributed by atoms with Crippen molar-refractivity contribution in [2.24, 2.45) is 5.73 Å². The zero-order chi connectivity index (χ0) is 14.6. The maximum Gasteiger partial charge on any atom is 0.265 e. The molecule has 0 fully saturated rings. The van der Waals surface area contributed by atoms with E-state index in [4.69, 9.17) is 10.5 Å². The van der Waals surface area contributed by atoms with Crippen molar-refractivity contribution >= 4 is 15.7 Å². The molecule has 0 unspecified atom stereocenters. The summed E-state index contributed by atoms with van der Waals surface area (Å²) in [7, 11) is -3.70. The summed E-state index contributed by atoms with van der Waals surface area (Å²) in [5, 5.41) is 6.30. The SMILES string of the molecule is Cc1[nH]ncc1S(=O)(=O)Nc1ccccc1OCCN. The number of aromatic amines is 1. The van der Waals surface area contributed by atoms with Gasteiger partial charge in [0.05, 0.1) is 17.6 Å². The van der Waals surface area contributed by atoms with Crippen LogP contribution < -0.4 is 15.2 Å². The van der Waals surface area contributed by atoms with Crippen LogP contribution in [-0.4, -0.2) is 31.8 Å². The number of hydrogen-bond donors (Lipinski definition) is 3. The van der Waals surface area contributed by atoms with Crippen molar-refractivity contribution in [3.63, 3.8) is 0 Å². The van der Waals surface area contributed by atoms with Crippen molar-refractivity contribution in [1.29, 1.82) is 0 Å². The van der Waals surface area contributed by atoms with Gasteiger partial charge in [0.25, 0.3) is 10.0 Å². The smallest absolute Gasteiger partial charge is 0.265 e. The molecule has 0 saturated carbocycles. The highest BCUT2D eigenvalue weighted by Gasteiger charge is 2.20. The van der Waals surface area contributed by atoms with Gasteiger partial charge in [-0.15, -0.1) is 0 Å². The number of aromatic nitrogens is 2. The first-order chi connectivity index (χ1) is 9.54. The van der Waals surface area contributed by atoms with Crippen LogP contribution in [0.2, 0.25) is 0 Å². The number of anilines is 1. The molecule has 1 aromatic carbocycles. The van der Waals surface area contributed by atoms with Crippen molar-refractivity contribution in [3.05, 3.63) is 36.2 Å². The van der Waals surface area contributed by atoms with Crippen LogP contribution in [0.4, 0.5) is 5.69 Å². The highest BCUT2D eigenvalue weighted by molar-refractivity contribution is 7.92. The fraction of sp³-hybridized carbons (Fsp3) is 0.250. The minimum Gasteiger partial charge on any atom is -0.490 e. The van der Waals surface area contributed by atoms with Gasteiger partial charge in [-0.2, -0.15) is 5.10 Å². The highest BCUT2D eigenvalue weighted by atomic mass is 32.2. The highest BCUT2D eigenvalue weighted by Crippen LogP contribution is 2.26. The van der Waals surface area contributed by atoms with Gasteiger partial charge in [0.2, 0.25) is 0 Å². The molecular formula is C12H16N4O3S. The number of ether oxygens (including phenoxy) is 1. The molecular weight excluding hydrogens is 280 g/mol. The molecule has 4 N–H and O–H groups in total. The lowest BCUT2D eigenvalue weighted by Gasteiger charge is -2.12. The molecule has 108 valence electrons. The van der Waals surface area contributed by atoms with E-state index < -0.39 is 10.0 Å². The first-order valence-corrected chi connectivity index (χ1v) is 7.47. The van der Waals surface area contributed by atoms with Crippen molar-refractivity contribution in [2.45, 2.75) is 11.8 Å². The number of para-hydroxylation sites is 2. The number of benzene rings is 1. The average Bonchev–Trinajstić information content (AvgIpc) is 2.84. The molecule has 0 aliphatic rings. The summed E-state index contributed by atoms with van der Waals surface area (Å²) < 4.78 is 32.4. The zero-order valence-corrected chi connectivity index (χ0v) is 11.8. The number of H-pyrrole nitrogens is 1. The second kappa shape index (κ2) is 5.93. The number of rotatable bonds is 6. The summed E-state index contributed by atoms with van der Waals surface area (Å²) in [6.45, 7) is 2.30. The van der Waals surface area contributed by atoms with Gasteiger partial charge in [0, 0.05) is 6.54 Å². The van der Waals surface area contributed by atoms with Gasteiger partial charge < -0.3 is 10.5 Å². The van der Waals surface area contributed by atoms with E-state index in [1.165, 1.54) is 6.20 Å². The quantitative estimate of drug-likeness (QED) is 0.732. The molecule has 0 atom stereocenters. The summed E-state index contributed by atoms with van der Waals surface area (Å²) in [6.07, 6.45) is 1.26. The Kier molecular flexibility index (Phi) is 4.26. The second-order valence-electron chi connectivity index (χ2n) is 4.10. The van der Waals surface area contributed by atoms with Gasteiger partial charge in [0.15, 0.2) is 0 Å². The molecule has 0 radical (unpaired) electrons. The van der Waals surface area contributed by atoms with E-state index in [-0.39, 0.29) is 4.90 Å². The maximum atomic E-state index is 12.3. The first-order valence-electron chi connectivity index (χ1n) is 5.99. The van der Waals surface area contributed by atoms with E-state index in [9.17, 15) is 8.42 Å². The lowest BCUT2D eigenvalue weighted by atomic mass is 10.3. The molecule has 2 rings (SSSR count). The van der Waals surface area contributed by atoms with Crippen LogP contribution in [0.1, 0.15) is 5.69 Å². The predicted molar refractivity (Wildman–Crippen MR) is 75.1 cm³/mol. The van der Waals surface area contributed by atoms with E-state index in [1.54, 1.807) is 31.2 Å².